The molecule has 84 valence electrons. The molecule has 2 N–H and O–H groups in total. The zero-order valence-corrected chi connectivity index (χ0v) is 10.0. The van der Waals surface area contributed by atoms with E-state index in [2.05, 4.69) is 43.0 Å². The summed E-state index contributed by atoms with van der Waals surface area (Å²) in [7, 11) is 0. The van der Waals surface area contributed by atoms with Crippen molar-refractivity contribution in [3.05, 3.63) is 29.8 Å². The van der Waals surface area contributed by atoms with Crippen LogP contribution in [0.25, 0.3) is 0 Å². The van der Waals surface area contributed by atoms with E-state index >= 15 is 0 Å². The van der Waals surface area contributed by atoms with E-state index < -0.39 is 0 Å². The van der Waals surface area contributed by atoms with Crippen molar-refractivity contribution in [2.45, 2.75) is 33.2 Å². The summed E-state index contributed by atoms with van der Waals surface area (Å²) in [4.78, 5) is 2.39. The number of anilines is 1. The highest BCUT2D eigenvalue weighted by atomic mass is 15.1. The number of hydrogen-bond donors (Lipinski definition) is 1. The Balaban J connectivity index is 2.99. The standard InChI is InChI=1S/C13H22N2/c1-4-10-15(5-2)13-9-7-6-8-12(13)11(3)14/h6-9,11H,4-5,10,14H2,1-3H3/t11-/m0/s1. The van der Waals surface area contributed by atoms with Gasteiger partial charge < -0.3 is 10.6 Å². The van der Waals surface area contributed by atoms with Crippen LogP contribution >= 0.6 is 0 Å². The molecule has 0 aromatic heterocycles. The Labute approximate surface area is 93.1 Å². The van der Waals surface area contributed by atoms with Gasteiger partial charge in [-0.05, 0) is 31.9 Å². The van der Waals surface area contributed by atoms with E-state index in [1.54, 1.807) is 0 Å². The van der Waals surface area contributed by atoms with Gasteiger partial charge in [0.15, 0.2) is 0 Å². The quantitative estimate of drug-likeness (QED) is 0.802. The molecule has 0 bridgehead atoms. The Bertz CT molecular complexity index is 294. The van der Waals surface area contributed by atoms with Crippen molar-refractivity contribution >= 4 is 5.69 Å². The van der Waals surface area contributed by atoms with Crippen LogP contribution in [0, 0.1) is 0 Å². The average molecular weight is 206 g/mol. The fraction of sp³-hybridized carbons (Fsp3) is 0.538. The van der Waals surface area contributed by atoms with Crippen molar-refractivity contribution in [3.63, 3.8) is 0 Å². The second kappa shape index (κ2) is 5.76. The molecule has 0 spiro atoms. The number of nitrogens with two attached hydrogens (primary N) is 1. The monoisotopic (exact) mass is 206 g/mol. The van der Waals surface area contributed by atoms with Crippen LogP contribution in [0.5, 0.6) is 0 Å². The summed E-state index contributed by atoms with van der Waals surface area (Å²) in [6.07, 6.45) is 1.17. The summed E-state index contributed by atoms with van der Waals surface area (Å²) in [5.74, 6) is 0. The summed E-state index contributed by atoms with van der Waals surface area (Å²) >= 11 is 0. The molecule has 1 aromatic carbocycles. The van der Waals surface area contributed by atoms with Gasteiger partial charge in [0.05, 0.1) is 0 Å². The first kappa shape index (κ1) is 12.1. The lowest BCUT2D eigenvalue weighted by Gasteiger charge is -2.26. The Morgan fingerprint density at radius 3 is 2.47 bits per heavy atom. The van der Waals surface area contributed by atoms with Gasteiger partial charge in [0.2, 0.25) is 0 Å². The normalized spacial score (nSPS) is 12.5. The minimum Gasteiger partial charge on any atom is -0.372 e. The predicted molar refractivity (Wildman–Crippen MR) is 67.2 cm³/mol. The molecule has 0 amide bonds. The summed E-state index contributed by atoms with van der Waals surface area (Å²) in [6, 6.07) is 8.53. The third-order valence-corrected chi connectivity index (χ3v) is 2.64. The number of rotatable bonds is 5. The van der Waals surface area contributed by atoms with Gasteiger partial charge in [-0.25, -0.2) is 0 Å². The van der Waals surface area contributed by atoms with Gasteiger partial charge in [-0.2, -0.15) is 0 Å². The molecule has 0 aliphatic rings. The van der Waals surface area contributed by atoms with E-state index in [0.717, 1.165) is 13.1 Å². The minimum atomic E-state index is 0.104. The summed E-state index contributed by atoms with van der Waals surface area (Å²) < 4.78 is 0. The lowest BCUT2D eigenvalue weighted by atomic mass is 10.1. The SMILES string of the molecule is CCCN(CC)c1ccccc1[C@H](C)N. The van der Waals surface area contributed by atoms with Crippen LogP contribution in [0.15, 0.2) is 24.3 Å². The lowest BCUT2D eigenvalue weighted by Crippen LogP contribution is -2.25. The lowest BCUT2D eigenvalue weighted by molar-refractivity contribution is 0.761. The zero-order valence-electron chi connectivity index (χ0n) is 10.0. The first-order valence-electron chi connectivity index (χ1n) is 5.80. The highest BCUT2D eigenvalue weighted by molar-refractivity contribution is 5.54. The molecule has 0 saturated carbocycles. The highest BCUT2D eigenvalue weighted by Crippen LogP contribution is 2.24. The fourth-order valence-electron chi connectivity index (χ4n) is 1.88. The molecule has 1 aromatic rings. The van der Waals surface area contributed by atoms with Crippen LogP contribution in [-0.4, -0.2) is 13.1 Å². The zero-order chi connectivity index (χ0) is 11.3. The molecule has 0 heterocycles. The van der Waals surface area contributed by atoms with Crippen LogP contribution in [0.1, 0.15) is 38.8 Å². The Morgan fingerprint density at radius 1 is 1.27 bits per heavy atom. The minimum absolute atomic E-state index is 0.104. The molecule has 2 heteroatoms. The van der Waals surface area contributed by atoms with Gasteiger partial charge in [0.1, 0.15) is 0 Å². The van der Waals surface area contributed by atoms with Crippen molar-refractivity contribution in [1.82, 2.24) is 0 Å². The van der Waals surface area contributed by atoms with Crippen LogP contribution in [0.3, 0.4) is 0 Å². The first-order valence-corrected chi connectivity index (χ1v) is 5.80. The third kappa shape index (κ3) is 2.96. The number of benzene rings is 1. The molecule has 0 radical (unpaired) electrons. The maximum Gasteiger partial charge on any atom is 0.0414 e. The van der Waals surface area contributed by atoms with E-state index in [4.69, 9.17) is 5.73 Å². The molecule has 0 fully saturated rings. The molecule has 15 heavy (non-hydrogen) atoms. The maximum atomic E-state index is 5.98. The number of nitrogens with zero attached hydrogens (tertiary/aromatic N) is 1. The number of para-hydroxylation sites is 1. The topological polar surface area (TPSA) is 29.3 Å². The molecule has 1 atom stereocenters. The molecule has 0 aliphatic carbocycles. The molecule has 0 saturated heterocycles. The van der Waals surface area contributed by atoms with Crippen LogP contribution in [0.2, 0.25) is 0 Å². The van der Waals surface area contributed by atoms with Crippen molar-refractivity contribution in [2.24, 2.45) is 5.73 Å². The van der Waals surface area contributed by atoms with E-state index in [1.807, 2.05) is 6.92 Å². The average Bonchev–Trinajstić information content (AvgIpc) is 2.26. The van der Waals surface area contributed by atoms with Crippen LogP contribution < -0.4 is 10.6 Å². The largest absolute Gasteiger partial charge is 0.372 e. The summed E-state index contributed by atoms with van der Waals surface area (Å²) in [5, 5.41) is 0. The van der Waals surface area contributed by atoms with Crippen molar-refractivity contribution in [1.29, 1.82) is 0 Å². The van der Waals surface area contributed by atoms with Gasteiger partial charge in [0.25, 0.3) is 0 Å². The second-order valence-corrected chi connectivity index (χ2v) is 3.93. The first-order chi connectivity index (χ1) is 7.20. The van der Waals surface area contributed by atoms with Gasteiger partial charge in [-0.15, -0.1) is 0 Å². The van der Waals surface area contributed by atoms with Crippen molar-refractivity contribution in [2.75, 3.05) is 18.0 Å². The van der Waals surface area contributed by atoms with Gasteiger partial charge >= 0.3 is 0 Å². The van der Waals surface area contributed by atoms with E-state index in [-0.39, 0.29) is 6.04 Å². The van der Waals surface area contributed by atoms with Gasteiger partial charge in [-0.3, -0.25) is 0 Å². The maximum absolute atomic E-state index is 5.98. The number of hydrogen-bond acceptors (Lipinski definition) is 2. The molecular formula is C13H22N2. The third-order valence-electron chi connectivity index (χ3n) is 2.64. The Kier molecular flexibility index (Phi) is 4.63. The predicted octanol–water partition coefficient (Wildman–Crippen LogP) is 2.94. The molecule has 0 aliphatic heterocycles. The molecular weight excluding hydrogens is 184 g/mol. The van der Waals surface area contributed by atoms with E-state index in [1.165, 1.54) is 17.7 Å². The van der Waals surface area contributed by atoms with Crippen LogP contribution in [0.4, 0.5) is 5.69 Å². The molecule has 0 unspecified atom stereocenters. The smallest absolute Gasteiger partial charge is 0.0414 e. The van der Waals surface area contributed by atoms with E-state index in [0.29, 0.717) is 0 Å². The van der Waals surface area contributed by atoms with Crippen molar-refractivity contribution < 1.29 is 0 Å². The van der Waals surface area contributed by atoms with Crippen LogP contribution in [-0.2, 0) is 0 Å². The second-order valence-electron chi connectivity index (χ2n) is 3.93. The van der Waals surface area contributed by atoms with Crippen molar-refractivity contribution in [3.8, 4) is 0 Å². The molecule has 1 rings (SSSR count). The molecule has 2 nitrogen and oxygen atoms in total. The Hall–Kier alpha value is -1.02. The highest BCUT2D eigenvalue weighted by Gasteiger charge is 2.10. The van der Waals surface area contributed by atoms with E-state index in [9.17, 15) is 0 Å². The fourth-order valence-corrected chi connectivity index (χ4v) is 1.88. The summed E-state index contributed by atoms with van der Waals surface area (Å²) in [6.45, 7) is 8.57. The summed E-state index contributed by atoms with van der Waals surface area (Å²) in [5.41, 5.74) is 8.51. The van der Waals surface area contributed by atoms with Gasteiger partial charge in [0, 0.05) is 24.8 Å². The van der Waals surface area contributed by atoms with Gasteiger partial charge in [-0.1, -0.05) is 25.1 Å². The Morgan fingerprint density at radius 2 is 1.93 bits per heavy atom.